The molecule has 4 aromatic rings. The quantitative estimate of drug-likeness (QED) is 0.294. The van der Waals surface area contributed by atoms with E-state index in [1.807, 2.05) is 19.1 Å². The van der Waals surface area contributed by atoms with Crippen LogP contribution in [0.15, 0.2) is 58.4 Å². The van der Waals surface area contributed by atoms with E-state index in [0.29, 0.717) is 44.4 Å². The van der Waals surface area contributed by atoms with E-state index >= 15 is 0 Å². The van der Waals surface area contributed by atoms with E-state index in [2.05, 4.69) is 20.7 Å². The predicted octanol–water partition coefficient (Wildman–Crippen LogP) is 4.76. The highest BCUT2D eigenvalue weighted by Gasteiger charge is 2.17. The number of hydrogen-bond donors (Lipinski definition) is 1. The van der Waals surface area contributed by atoms with Gasteiger partial charge in [-0.05, 0) is 31.5 Å². The molecule has 0 radical (unpaired) electrons. The number of rotatable bonds is 7. The zero-order valence-electron chi connectivity index (χ0n) is 18.6. The smallest absolute Gasteiger partial charge is 0.267 e. The van der Waals surface area contributed by atoms with Gasteiger partial charge in [0.1, 0.15) is 5.15 Å². The number of amides is 1. The molecule has 4 rings (SSSR count). The highest BCUT2D eigenvalue weighted by Crippen LogP contribution is 2.26. The monoisotopic (exact) mass is 496 g/mol. The molecule has 0 spiro atoms. The summed E-state index contributed by atoms with van der Waals surface area (Å²) in [6.07, 6.45) is 3.09. The number of unbranched alkanes of at least 4 members (excludes halogenated alkanes) is 1. The number of halogens is 2. The molecule has 0 aliphatic rings. The van der Waals surface area contributed by atoms with Crippen LogP contribution in [-0.2, 0) is 6.54 Å². The molecular weight excluding hydrogens is 475 g/mol. The van der Waals surface area contributed by atoms with Crippen molar-refractivity contribution in [3.63, 3.8) is 0 Å². The average molecular weight is 497 g/mol. The normalized spacial score (nSPS) is 11.4. The molecule has 2 heterocycles. The molecule has 0 atom stereocenters. The zero-order valence-corrected chi connectivity index (χ0v) is 20.1. The summed E-state index contributed by atoms with van der Waals surface area (Å²) in [6.45, 7) is 4.23. The van der Waals surface area contributed by atoms with Gasteiger partial charge in [-0.15, -0.1) is 0 Å². The summed E-state index contributed by atoms with van der Waals surface area (Å²) >= 11 is 12.8. The Kier molecular flexibility index (Phi) is 7.09. The first-order valence-corrected chi connectivity index (χ1v) is 11.5. The van der Waals surface area contributed by atoms with Gasteiger partial charge >= 0.3 is 0 Å². The number of hydrogen-bond acceptors (Lipinski definition) is 5. The Balaban J connectivity index is 1.63. The van der Waals surface area contributed by atoms with E-state index < -0.39 is 5.91 Å². The van der Waals surface area contributed by atoms with Gasteiger partial charge in [-0.2, -0.15) is 15.3 Å². The standard InChI is InChI=1S/C24H22Cl2N6O2/c1-3-4-13-31-24(34)17-10-6-5-9-16(17)21(30-31)23(33)28-27-14-18-15(2)29-32(22(18)26)20-12-8-7-11-19(20)25/h5-12,14H,3-4,13H2,1-2H3,(H,28,33)/b27-14+. The SMILES string of the molecule is CCCCn1nc(C(=O)N/N=C/c2c(C)nn(-c3ccccc3Cl)c2Cl)c2ccccc2c1=O. The molecule has 1 N–H and O–H groups in total. The molecule has 0 bridgehead atoms. The van der Waals surface area contributed by atoms with E-state index in [9.17, 15) is 9.59 Å². The van der Waals surface area contributed by atoms with Crippen molar-refractivity contribution in [3.05, 3.63) is 86.0 Å². The van der Waals surface area contributed by atoms with Crippen LogP contribution in [0.4, 0.5) is 0 Å². The third-order valence-electron chi connectivity index (χ3n) is 5.29. The first-order valence-electron chi connectivity index (χ1n) is 10.8. The molecule has 0 fully saturated rings. The van der Waals surface area contributed by atoms with Crippen LogP contribution in [0.3, 0.4) is 0 Å². The van der Waals surface area contributed by atoms with Gasteiger partial charge in [-0.1, -0.05) is 66.9 Å². The molecule has 0 saturated heterocycles. The third-order valence-corrected chi connectivity index (χ3v) is 5.98. The van der Waals surface area contributed by atoms with Crippen LogP contribution >= 0.6 is 23.2 Å². The van der Waals surface area contributed by atoms with Gasteiger partial charge in [0.25, 0.3) is 11.5 Å². The van der Waals surface area contributed by atoms with Gasteiger partial charge in [0, 0.05) is 11.9 Å². The first kappa shape index (κ1) is 23.7. The minimum Gasteiger partial charge on any atom is -0.267 e. The van der Waals surface area contributed by atoms with Crippen LogP contribution in [0.5, 0.6) is 0 Å². The molecule has 0 aliphatic carbocycles. The maximum atomic E-state index is 13.0. The van der Waals surface area contributed by atoms with Crippen LogP contribution in [-0.4, -0.2) is 31.7 Å². The van der Waals surface area contributed by atoms with E-state index in [1.54, 1.807) is 43.3 Å². The Hall–Kier alpha value is -3.49. The predicted molar refractivity (Wildman–Crippen MR) is 134 cm³/mol. The van der Waals surface area contributed by atoms with Gasteiger partial charge in [-0.25, -0.2) is 14.8 Å². The van der Waals surface area contributed by atoms with Gasteiger partial charge in [-0.3, -0.25) is 9.59 Å². The fourth-order valence-corrected chi connectivity index (χ4v) is 4.04. The second-order valence-corrected chi connectivity index (χ2v) is 8.39. The number of nitrogens with zero attached hydrogens (tertiary/aromatic N) is 5. The molecular formula is C24H22Cl2N6O2. The summed E-state index contributed by atoms with van der Waals surface area (Å²) < 4.78 is 2.85. The van der Waals surface area contributed by atoms with Crippen LogP contribution in [0.25, 0.3) is 16.5 Å². The maximum absolute atomic E-state index is 13.0. The number of hydrazone groups is 1. The molecule has 10 heteroatoms. The number of aryl methyl sites for hydroxylation is 2. The lowest BCUT2D eigenvalue weighted by molar-refractivity contribution is 0.0949. The van der Waals surface area contributed by atoms with Crippen molar-refractivity contribution in [3.8, 4) is 5.69 Å². The Morgan fingerprint density at radius 2 is 1.79 bits per heavy atom. The van der Waals surface area contributed by atoms with Crippen molar-refractivity contribution in [2.24, 2.45) is 5.10 Å². The number of carbonyl (C=O) groups excluding carboxylic acids is 1. The molecule has 2 aromatic heterocycles. The van der Waals surface area contributed by atoms with Crippen molar-refractivity contribution in [1.82, 2.24) is 25.0 Å². The zero-order chi connectivity index (χ0) is 24.2. The summed E-state index contributed by atoms with van der Waals surface area (Å²) in [5, 5.41) is 14.5. The number of para-hydroxylation sites is 1. The third kappa shape index (κ3) is 4.60. The number of nitrogens with one attached hydrogen (secondary N) is 1. The highest BCUT2D eigenvalue weighted by molar-refractivity contribution is 6.34. The second kappa shape index (κ2) is 10.2. The van der Waals surface area contributed by atoms with Crippen molar-refractivity contribution < 1.29 is 4.79 Å². The van der Waals surface area contributed by atoms with Crippen molar-refractivity contribution in [1.29, 1.82) is 0 Å². The topological polar surface area (TPSA) is 94.2 Å². The number of carbonyl (C=O) groups is 1. The lowest BCUT2D eigenvalue weighted by Crippen LogP contribution is -2.29. The second-order valence-electron chi connectivity index (χ2n) is 7.63. The first-order chi connectivity index (χ1) is 16.4. The molecule has 2 aromatic carbocycles. The van der Waals surface area contributed by atoms with E-state index in [1.165, 1.54) is 15.6 Å². The lowest BCUT2D eigenvalue weighted by Gasteiger charge is -2.09. The van der Waals surface area contributed by atoms with Crippen LogP contribution < -0.4 is 11.0 Å². The Bertz CT molecular complexity index is 1460. The van der Waals surface area contributed by atoms with Crippen LogP contribution in [0, 0.1) is 6.92 Å². The minimum atomic E-state index is -0.537. The van der Waals surface area contributed by atoms with Crippen molar-refractivity contribution >= 4 is 46.1 Å². The average Bonchev–Trinajstić information content (AvgIpc) is 3.12. The van der Waals surface area contributed by atoms with E-state index in [-0.39, 0.29) is 11.3 Å². The van der Waals surface area contributed by atoms with E-state index in [4.69, 9.17) is 23.2 Å². The number of aromatic nitrogens is 4. The van der Waals surface area contributed by atoms with Crippen LogP contribution in [0.2, 0.25) is 10.2 Å². The Labute approximate surface area is 205 Å². The molecule has 1 amide bonds. The minimum absolute atomic E-state index is 0.123. The molecule has 8 nitrogen and oxygen atoms in total. The summed E-state index contributed by atoms with van der Waals surface area (Å²) in [7, 11) is 0. The molecule has 174 valence electrons. The van der Waals surface area contributed by atoms with E-state index in [0.717, 1.165) is 12.8 Å². The van der Waals surface area contributed by atoms with Crippen molar-refractivity contribution in [2.45, 2.75) is 33.2 Å². The summed E-state index contributed by atoms with van der Waals surface area (Å²) in [5.41, 5.74) is 4.16. The van der Waals surface area contributed by atoms with Gasteiger partial charge < -0.3 is 0 Å². The Morgan fingerprint density at radius 1 is 1.09 bits per heavy atom. The van der Waals surface area contributed by atoms with Crippen LogP contribution in [0.1, 0.15) is 41.5 Å². The van der Waals surface area contributed by atoms with Crippen molar-refractivity contribution in [2.75, 3.05) is 0 Å². The molecule has 0 saturated carbocycles. The number of fused-ring (bicyclic) bond motifs is 1. The number of benzene rings is 2. The molecule has 0 aliphatic heterocycles. The lowest BCUT2D eigenvalue weighted by atomic mass is 10.1. The fourth-order valence-electron chi connectivity index (χ4n) is 3.51. The molecule has 34 heavy (non-hydrogen) atoms. The van der Waals surface area contributed by atoms with Gasteiger partial charge in [0.05, 0.1) is 33.6 Å². The fraction of sp³-hybridized carbons (Fsp3) is 0.208. The largest absolute Gasteiger partial charge is 0.292 e. The van der Waals surface area contributed by atoms with Gasteiger partial charge in [0.15, 0.2) is 5.69 Å². The summed E-state index contributed by atoms with van der Waals surface area (Å²) in [4.78, 5) is 25.7. The molecule has 0 unspecified atom stereocenters. The van der Waals surface area contributed by atoms with Gasteiger partial charge in [0.2, 0.25) is 0 Å². The maximum Gasteiger partial charge on any atom is 0.292 e. The summed E-state index contributed by atoms with van der Waals surface area (Å²) in [5.74, 6) is -0.537. The Morgan fingerprint density at radius 3 is 2.53 bits per heavy atom. The summed E-state index contributed by atoms with van der Waals surface area (Å²) in [6, 6.07) is 14.1. The highest BCUT2D eigenvalue weighted by atomic mass is 35.5.